The van der Waals surface area contributed by atoms with Gasteiger partial charge >= 0.3 is 24.2 Å². The van der Waals surface area contributed by atoms with Crippen molar-refractivity contribution < 1.29 is 45.5 Å². The fraction of sp³-hybridized carbons (Fsp3) is 0.364. The van der Waals surface area contributed by atoms with Gasteiger partial charge in [0.1, 0.15) is 6.04 Å². The fourth-order valence-electron chi connectivity index (χ4n) is 1.89. The van der Waals surface area contributed by atoms with Gasteiger partial charge in [-0.25, -0.2) is 4.79 Å². The number of ketones is 1. The van der Waals surface area contributed by atoms with Crippen LogP contribution >= 0.6 is 11.3 Å². The minimum atomic E-state index is -5.44. The molecular weight excluding hydrogens is 356 g/mol. The molecule has 1 heterocycles. The number of esters is 1. The van der Waals surface area contributed by atoms with Crippen molar-refractivity contribution in [2.45, 2.75) is 24.5 Å². The molecule has 23 heavy (non-hydrogen) atoms. The van der Waals surface area contributed by atoms with Crippen molar-refractivity contribution in [3.8, 4) is 0 Å². The highest BCUT2D eigenvalue weighted by molar-refractivity contribution is 7.12. The number of fused-ring (bicyclic) bond motifs is 1. The van der Waals surface area contributed by atoms with Crippen molar-refractivity contribution in [1.82, 2.24) is 5.32 Å². The summed E-state index contributed by atoms with van der Waals surface area (Å²) in [7, 11) is 0. The predicted octanol–water partition coefficient (Wildman–Crippen LogP) is 2.14. The predicted molar refractivity (Wildman–Crippen MR) is 61.5 cm³/mol. The van der Waals surface area contributed by atoms with Crippen molar-refractivity contribution in [1.29, 1.82) is 0 Å². The van der Waals surface area contributed by atoms with Gasteiger partial charge in [-0.3, -0.25) is 9.59 Å². The van der Waals surface area contributed by atoms with Gasteiger partial charge in [-0.05, 0) is 11.4 Å². The quantitative estimate of drug-likeness (QED) is 0.647. The van der Waals surface area contributed by atoms with E-state index in [1.165, 1.54) is 10.7 Å². The number of carbonyl (C=O) groups is 3. The van der Waals surface area contributed by atoms with E-state index in [1.54, 1.807) is 0 Å². The first-order valence-corrected chi connectivity index (χ1v) is 6.58. The molecular formula is C11H5F6NO4S. The average molecular weight is 361 g/mol. The standard InChI is InChI=1S/C11H5F6NO4S/c12-10(13,14)8(20)18-4-3-1-2-23-7(3)5(19)6(4)22-9(21)11(15,16)17/h1-2,4,6H,(H,18,20)/t4-,6+/m1/s1. The van der Waals surface area contributed by atoms with E-state index in [4.69, 9.17) is 0 Å². The van der Waals surface area contributed by atoms with E-state index < -0.39 is 42.2 Å². The Kier molecular flexibility index (Phi) is 4.13. The summed E-state index contributed by atoms with van der Waals surface area (Å²) in [4.78, 5) is 33.5. The van der Waals surface area contributed by atoms with Crippen LogP contribution in [-0.2, 0) is 14.3 Å². The van der Waals surface area contributed by atoms with Crippen molar-refractivity contribution in [3.63, 3.8) is 0 Å². The molecule has 0 saturated carbocycles. The minimum absolute atomic E-state index is 0.141. The molecule has 1 aliphatic carbocycles. The van der Waals surface area contributed by atoms with Crippen LogP contribution in [-0.4, -0.2) is 36.1 Å². The number of Topliss-reactive ketones (excluding diaryl/α,β-unsaturated/α-hetero) is 1. The van der Waals surface area contributed by atoms with Crippen LogP contribution in [0.15, 0.2) is 11.4 Å². The number of halogens is 6. The first-order chi connectivity index (χ1) is 10.4. The zero-order valence-electron chi connectivity index (χ0n) is 10.6. The number of hydrogen-bond acceptors (Lipinski definition) is 5. The van der Waals surface area contributed by atoms with E-state index in [2.05, 4.69) is 4.74 Å². The van der Waals surface area contributed by atoms with Crippen LogP contribution in [0.2, 0.25) is 0 Å². The molecule has 5 nitrogen and oxygen atoms in total. The molecule has 1 amide bonds. The highest BCUT2D eigenvalue weighted by atomic mass is 32.1. The van der Waals surface area contributed by atoms with E-state index >= 15 is 0 Å². The summed E-state index contributed by atoms with van der Waals surface area (Å²) >= 11 is 0.742. The average Bonchev–Trinajstić information content (AvgIpc) is 2.95. The maximum atomic E-state index is 12.3. The Bertz CT molecular complexity index is 664. The number of hydrogen-bond donors (Lipinski definition) is 1. The molecule has 0 aliphatic heterocycles. The van der Waals surface area contributed by atoms with E-state index in [0.717, 1.165) is 17.4 Å². The lowest BCUT2D eigenvalue weighted by atomic mass is 10.1. The third-order valence-electron chi connectivity index (χ3n) is 2.83. The maximum absolute atomic E-state index is 12.3. The van der Waals surface area contributed by atoms with Crippen molar-refractivity contribution in [3.05, 3.63) is 21.9 Å². The SMILES string of the molecule is O=C1c2sccc2[C@@H](NC(=O)C(F)(F)F)[C@@H]1OC(=O)C(F)(F)F. The molecule has 2 atom stereocenters. The Morgan fingerprint density at radius 1 is 1.13 bits per heavy atom. The van der Waals surface area contributed by atoms with Crippen molar-refractivity contribution in [2.75, 3.05) is 0 Å². The van der Waals surface area contributed by atoms with Crippen LogP contribution in [0.1, 0.15) is 21.3 Å². The molecule has 12 heteroatoms. The molecule has 0 bridgehead atoms. The van der Waals surface area contributed by atoms with Gasteiger partial charge in [0.05, 0.1) is 4.88 Å². The number of amides is 1. The van der Waals surface area contributed by atoms with Gasteiger partial charge < -0.3 is 10.1 Å². The van der Waals surface area contributed by atoms with E-state index in [0.29, 0.717) is 0 Å². The summed E-state index contributed by atoms with van der Waals surface area (Å²) in [5, 5.41) is 2.68. The topological polar surface area (TPSA) is 72.5 Å². The van der Waals surface area contributed by atoms with Crippen LogP contribution < -0.4 is 5.32 Å². The molecule has 1 N–H and O–H groups in total. The van der Waals surface area contributed by atoms with Crippen molar-refractivity contribution in [2.24, 2.45) is 0 Å². The lowest BCUT2D eigenvalue weighted by molar-refractivity contribution is -0.204. The number of thiophene rings is 1. The molecule has 0 unspecified atom stereocenters. The summed E-state index contributed by atoms with van der Waals surface area (Å²) in [6.07, 6.45) is -13.0. The Morgan fingerprint density at radius 2 is 1.74 bits per heavy atom. The maximum Gasteiger partial charge on any atom is 0.490 e. The largest absolute Gasteiger partial charge is 0.490 e. The number of ether oxygens (including phenoxy) is 1. The van der Waals surface area contributed by atoms with Gasteiger partial charge in [-0.2, -0.15) is 26.3 Å². The molecule has 0 radical (unpaired) electrons. The van der Waals surface area contributed by atoms with Crippen LogP contribution in [0.3, 0.4) is 0 Å². The van der Waals surface area contributed by atoms with Crippen LogP contribution in [0.4, 0.5) is 26.3 Å². The normalized spacial score (nSPS) is 21.0. The molecule has 0 saturated heterocycles. The van der Waals surface area contributed by atoms with Crippen LogP contribution in [0.5, 0.6) is 0 Å². The van der Waals surface area contributed by atoms with Gasteiger partial charge in [0, 0.05) is 5.56 Å². The Labute approximate surface area is 127 Å². The second kappa shape index (κ2) is 5.51. The fourth-order valence-corrected chi connectivity index (χ4v) is 2.80. The second-order valence-electron chi connectivity index (χ2n) is 4.34. The lowest BCUT2D eigenvalue weighted by Crippen LogP contribution is -2.45. The monoisotopic (exact) mass is 361 g/mol. The second-order valence-corrected chi connectivity index (χ2v) is 5.26. The van der Waals surface area contributed by atoms with Crippen LogP contribution in [0, 0.1) is 0 Å². The first-order valence-electron chi connectivity index (χ1n) is 5.70. The van der Waals surface area contributed by atoms with E-state index in [-0.39, 0.29) is 10.4 Å². The molecule has 1 aliphatic rings. The zero-order valence-corrected chi connectivity index (χ0v) is 11.4. The Balaban J connectivity index is 2.29. The molecule has 1 aromatic rings. The highest BCUT2D eigenvalue weighted by Gasteiger charge is 2.51. The third kappa shape index (κ3) is 3.30. The molecule has 0 aromatic carbocycles. The number of carbonyl (C=O) groups excluding carboxylic acids is 3. The molecule has 2 rings (SSSR count). The first kappa shape index (κ1) is 17.2. The van der Waals surface area contributed by atoms with Gasteiger partial charge in [0.15, 0.2) is 6.10 Å². The van der Waals surface area contributed by atoms with E-state index in [1.807, 2.05) is 0 Å². The summed E-state index contributed by atoms with van der Waals surface area (Å²) in [5.74, 6) is -6.32. The molecule has 126 valence electrons. The molecule has 0 fully saturated rings. The summed E-state index contributed by atoms with van der Waals surface area (Å²) < 4.78 is 77.5. The van der Waals surface area contributed by atoms with Crippen molar-refractivity contribution >= 4 is 29.0 Å². The highest BCUT2D eigenvalue weighted by Crippen LogP contribution is 2.38. The third-order valence-corrected chi connectivity index (χ3v) is 3.77. The number of nitrogens with one attached hydrogen (secondary N) is 1. The zero-order chi connectivity index (χ0) is 17.6. The van der Waals surface area contributed by atoms with Gasteiger partial charge in [0.2, 0.25) is 5.78 Å². The summed E-state index contributed by atoms with van der Waals surface area (Å²) in [6.45, 7) is 0. The Hall–Kier alpha value is -2.11. The van der Waals surface area contributed by atoms with Gasteiger partial charge in [0.25, 0.3) is 0 Å². The Morgan fingerprint density at radius 3 is 2.26 bits per heavy atom. The smallest absolute Gasteiger partial charge is 0.445 e. The summed E-state index contributed by atoms with van der Waals surface area (Å²) in [5.41, 5.74) is -0.141. The molecule has 0 spiro atoms. The lowest BCUT2D eigenvalue weighted by Gasteiger charge is -2.21. The van der Waals surface area contributed by atoms with E-state index in [9.17, 15) is 40.7 Å². The van der Waals surface area contributed by atoms with Crippen LogP contribution in [0.25, 0.3) is 0 Å². The molecule has 1 aromatic heterocycles. The minimum Gasteiger partial charge on any atom is -0.445 e. The van der Waals surface area contributed by atoms with Gasteiger partial charge in [-0.1, -0.05) is 0 Å². The summed E-state index contributed by atoms with van der Waals surface area (Å²) in [6, 6.07) is -0.690. The number of alkyl halides is 6. The van der Waals surface area contributed by atoms with Gasteiger partial charge in [-0.15, -0.1) is 11.3 Å². The number of rotatable bonds is 2.